The second kappa shape index (κ2) is 2.71. The zero-order valence-electron chi connectivity index (χ0n) is 5.87. The maximum atomic E-state index is 8.72. The van der Waals surface area contributed by atoms with Crippen LogP contribution in [-0.2, 0) is 0 Å². The van der Waals surface area contributed by atoms with Gasteiger partial charge in [-0.2, -0.15) is 5.26 Å². The number of aromatic nitrogens is 3. The van der Waals surface area contributed by atoms with Crippen LogP contribution in [0.3, 0.4) is 0 Å². The number of hydrogen-bond acceptors (Lipinski definition) is 3. The number of halogens is 1. The first kappa shape index (κ1) is 7.49. The summed E-state index contributed by atoms with van der Waals surface area (Å²) in [6, 6.07) is 2.02. The Morgan fingerprint density at radius 2 is 2.33 bits per heavy atom. The van der Waals surface area contributed by atoms with Crippen LogP contribution in [0.25, 0.3) is 11.0 Å². The van der Waals surface area contributed by atoms with E-state index in [1.54, 1.807) is 6.20 Å². The van der Waals surface area contributed by atoms with Gasteiger partial charge in [-0.25, -0.2) is 9.97 Å². The molecule has 2 rings (SSSR count). The Morgan fingerprint density at radius 3 is 3.08 bits per heavy atom. The lowest BCUT2D eigenvalue weighted by molar-refractivity contribution is 1.17. The minimum absolute atomic E-state index is 0.422. The molecule has 0 radical (unpaired) electrons. The van der Waals surface area contributed by atoms with Crippen LogP contribution in [-0.4, -0.2) is 15.0 Å². The van der Waals surface area contributed by atoms with Crippen molar-refractivity contribution in [2.45, 2.75) is 0 Å². The van der Waals surface area contributed by atoms with Crippen molar-refractivity contribution in [1.82, 2.24) is 15.0 Å². The summed E-state index contributed by atoms with van der Waals surface area (Å²) < 4.78 is 0.972. The van der Waals surface area contributed by atoms with Crippen LogP contribution in [0, 0.1) is 14.9 Å². The first-order chi connectivity index (χ1) is 5.83. The number of nitriles is 1. The summed E-state index contributed by atoms with van der Waals surface area (Å²) in [6.07, 6.45) is 3.19. The van der Waals surface area contributed by atoms with Gasteiger partial charge in [-0.05, 0) is 22.6 Å². The Bertz CT molecular complexity index is 468. The molecule has 2 aromatic heterocycles. The topological polar surface area (TPSA) is 65.4 Å². The Hall–Kier alpha value is -1.16. The monoisotopic (exact) mass is 270 g/mol. The van der Waals surface area contributed by atoms with Crippen molar-refractivity contribution in [1.29, 1.82) is 5.26 Å². The molecule has 0 saturated carbocycles. The van der Waals surface area contributed by atoms with E-state index in [0.717, 1.165) is 8.96 Å². The summed E-state index contributed by atoms with van der Waals surface area (Å²) in [5, 5.41) is 9.53. The third-order valence-electron chi connectivity index (χ3n) is 1.53. The molecule has 0 aliphatic rings. The SMILES string of the molecule is N#Cc1ncnc2[nH]cc(I)c12. The summed E-state index contributed by atoms with van der Waals surface area (Å²) in [6.45, 7) is 0. The number of fused-ring (bicyclic) bond motifs is 1. The number of H-pyrrole nitrogens is 1. The molecule has 0 aliphatic carbocycles. The number of rotatable bonds is 0. The van der Waals surface area contributed by atoms with Gasteiger partial charge in [-0.15, -0.1) is 0 Å². The standard InChI is InChI=1S/C7H3IN4/c8-4-2-10-7-6(4)5(1-9)11-3-12-7/h2-3H,(H,10,11,12). The van der Waals surface area contributed by atoms with E-state index in [4.69, 9.17) is 5.26 Å². The van der Waals surface area contributed by atoms with Crippen LogP contribution in [0.4, 0.5) is 0 Å². The van der Waals surface area contributed by atoms with E-state index in [1.165, 1.54) is 6.33 Å². The van der Waals surface area contributed by atoms with Crippen LogP contribution in [0.15, 0.2) is 12.5 Å². The highest BCUT2D eigenvalue weighted by Crippen LogP contribution is 2.19. The second-order valence-electron chi connectivity index (χ2n) is 2.19. The van der Waals surface area contributed by atoms with Gasteiger partial charge >= 0.3 is 0 Å². The summed E-state index contributed by atoms with van der Waals surface area (Å²) in [5.41, 5.74) is 1.14. The lowest BCUT2D eigenvalue weighted by Gasteiger charge is -1.90. The molecule has 1 N–H and O–H groups in total. The minimum atomic E-state index is 0.422. The zero-order valence-corrected chi connectivity index (χ0v) is 8.03. The van der Waals surface area contributed by atoms with E-state index in [2.05, 4.69) is 37.5 Å². The fourth-order valence-electron chi connectivity index (χ4n) is 1.01. The quantitative estimate of drug-likeness (QED) is 0.736. The smallest absolute Gasteiger partial charge is 0.154 e. The van der Waals surface area contributed by atoms with Crippen molar-refractivity contribution in [3.63, 3.8) is 0 Å². The normalized spacial score (nSPS) is 10.0. The van der Waals surface area contributed by atoms with Crippen molar-refractivity contribution in [3.05, 3.63) is 21.8 Å². The van der Waals surface area contributed by atoms with E-state index in [9.17, 15) is 0 Å². The highest BCUT2D eigenvalue weighted by Gasteiger charge is 2.07. The van der Waals surface area contributed by atoms with Crippen LogP contribution < -0.4 is 0 Å². The first-order valence-corrected chi connectivity index (χ1v) is 4.28. The highest BCUT2D eigenvalue weighted by molar-refractivity contribution is 14.1. The molecule has 5 heteroatoms. The van der Waals surface area contributed by atoms with Gasteiger partial charge in [0.25, 0.3) is 0 Å². The second-order valence-corrected chi connectivity index (χ2v) is 3.36. The lowest BCUT2D eigenvalue weighted by Crippen LogP contribution is -1.86. The van der Waals surface area contributed by atoms with Crippen molar-refractivity contribution in [3.8, 4) is 6.07 Å². The fourth-order valence-corrected chi connectivity index (χ4v) is 1.68. The Kier molecular flexibility index (Phi) is 1.69. The number of nitrogens with one attached hydrogen (secondary N) is 1. The number of nitrogens with zero attached hydrogens (tertiary/aromatic N) is 3. The van der Waals surface area contributed by atoms with E-state index in [0.29, 0.717) is 11.3 Å². The van der Waals surface area contributed by atoms with E-state index < -0.39 is 0 Å². The molecule has 0 spiro atoms. The lowest BCUT2D eigenvalue weighted by atomic mass is 10.3. The van der Waals surface area contributed by atoms with Gasteiger partial charge in [-0.1, -0.05) is 0 Å². The van der Waals surface area contributed by atoms with Gasteiger partial charge in [0.2, 0.25) is 0 Å². The van der Waals surface area contributed by atoms with Crippen LogP contribution in [0.5, 0.6) is 0 Å². The molecular formula is C7H3IN4. The summed E-state index contributed by atoms with van der Waals surface area (Å²) >= 11 is 2.14. The average molecular weight is 270 g/mol. The molecule has 0 atom stereocenters. The Balaban J connectivity index is 2.96. The predicted octanol–water partition coefficient (Wildman–Crippen LogP) is 1.43. The largest absolute Gasteiger partial charge is 0.345 e. The van der Waals surface area contributed by atoms with Crippen molar-refractivity contribution in [2.24, 2.45) is 0 Å². The third kappa shape index (κ3) is 0.956. The van der Waals surface area contributed by atoms with Crippen LogP contribution in [0.1, 0.15) is 5.69 Å². The molecule has 0 bridgehead atoms. The zero-order chi connectivity index (χ0) is 8.55. The average Bonchev–Trinajstić information content (AvgIpc) is 2.48. The molecule has 2 aromatic rings. The molecule has 0 amide bonds. The maximum absolute atomic E-state index is 8.72. The van der Waals surface area contributed by atoms with Crippen molar-refractivity contribution < 1.29 is 0 Å². The van der Waals surface area contributed by atoms with Gasteiger partial charge in [0.1, 0.15) is 18.0 Å². The predicted molar refractivity (Wildman–Crippen MR) is 51.3 cm³/mol. The molecule has 0 saturated heterocycles. The molecule has 0 aromatic carbocycles. The maximum Gasteiger partial charge on any atom is 0.154 e. The molecular weight excluding hydrogens is 267 g/mol. The van der Waals surface area contributed by atoms with Gasteiger partial charge in [0.05, 0.1) is 5.39 Å². The first-order valence-electron chi connectivity index (χ1n) is 3.20. The van der Waals surface area contributed by atoms with Crippen LogP contribution in [0.2, 0.25) is 0 Å². The van der Waals surface area contributed by atoms with Crippen LogP contribution >= 0.6 is 22.6 Å². The molecule has 2 heterocycles. The van der Waals surface area contributed by atoms with Crippen molar-refractivity contribution in [2.75, 3.05) is 0 Å². The molecule has 58 valence electrons. The van der Waals surface area contributed by atoms with Gasteiger partial charge < -0.3 is 4.98 Å². The fraction of sp³-hybridized carbons (Fsp3) is 0. The molecule has 0 fully saturated rings. The Morgan fingerprint density at radius 1 is 1.50 bits per heavy atom. The number of hydrogen-bond donors (Lipinski definition) is 1. The van der Waals surface area contributed by atoms with Crippen molar-refractivity contribution >= 4 is 33.6 Å². The summed E-state index contributed by atoms with van der Waals surface area (Å²) in [7, 11) is 0. The van der Waals surface area contributed by atoms with Gasteiger partial charge in [0, 0.05) is 9.77 Å². The van der Waals surface area contributed by atoms with E-state index in [-0.39, 0.29) is 0 Å². The van der Waals surface area contributed by atoms with Gasteiger partial charge in [-0.3, -0.25) is 0 Å². The molecule has 0 unspecified atom stereocenters. The summed E-state index contributed by atoms with van der Waals surface area (Å²) in [5.74, 6) is 0. The highest BCUT2D eigenvalue weighted by atomic mass is 127. The van der Waals surface area contributed by atoms with Gasteiger partial charge in [0.15, 0.2) is 5.69 Å². The Labute approximate surface area is 81.8 Å². The van der Waals surface area contributed by atoms with E-state index >= 15 is 0 Å². The summed E-state index contributed by atoms with van der Waals surface area (Å²) in [4.78, 5) is 10.8. The molecule has 4 nitrogen and oxygen atoms in total. The molecule has 12 heavy (non-hydrogen) atoms. The number of aromatic amines is 1. The van der Waals surface area contributed by atoms with E-state index in [1.807, 2.05) is 6.07 Å². The molecule has 0 aliphatic heterocycles. The minimum Gasteiger partial charge on any atom is -0.345 e. The third-order valence-corrected chi connectivity index (χ3v) is 2.38.